The van der Waals surface area contributed by atoms with Crippen molar-refractivity contribution >= 4 is 12.0 Å². The number of nitrogens with zero attached hydrogens (tertiary/aromatic N) is 1. The molecule has 0 unspecified atom stereocenters. The lowest BCUT2D eigenvalue weighted by atomic mass is 10.0. The molecule has 3 nitrogen and oxygen atoms in total. The Kier molecular flexibility index (Phi) is 4.45. The van der Waals surface area contributed by atoms with Crippen LogP contribution in [-0.2, 0) is 9.53 Å². The van der Waals surface area contributed by atoms with Gasteiger partial charge in [-0.25, -0.2) is 4.79 Å². The number of rotatable bonds is 4. The van der Waals surface area contributed by atoms with Crippen molar-refractivity contribution in [2.45, 2.75) is 6.92 Å². The SMILES string of the molecule is CCOC(=O)/C=C\c1cccc(-c2ccncc2)c1. The Hall–Kier alpha value is -2.42. The van der Waals surface area contributed by atoms with Crippen molar-refractivity contribution in [3.63, 3.8) is 0 Å². The van der Waals surface area contributed by atoms with Crippen molar-refractivity contribution in [2.24, 2.45) is 0 Å². The molecular weight excluding hydrogens is 238 g/mol. The van der Waals surface area contributed by atoms with Crippen LogP contribution in [-0.4, -0.2) is 17.6 Å². The zero-order chi connectivity index (χ0) is 13.5. The first-order chi connectivity index (χ1) is 9.29. The molecule has 1 heterocycles. The maximum absolute atomic E-state index is 11.3. The van der Waals surface area contributed by atoms with E-state index in [0.29, 0.717) is 6.61 Å². The zero-order valence-electron chi connectivity index (χ0n) is 10.7. The Labute approximate surface area is 112 Å². The minimum atomic E-state index is -0.322. The van der Waals surface area contributed by atoms with Crippen LogP contribution in [0.4, 0.5) is 0 Å². The fourth-order valence-electron chi connectivity index (χ4n) is 1.72. The summed E-state index contributed by atoms with van der Waals surface area (Å²) in [6.45, 7) is 2.18. The van der Waals surface area contributed by atoms with Gasteiger partial charge in [-0.05, 0) is 47.9 Å². The predicted molar refractivity (Wildman–Crippen MR) is 75.3 cm³/mol. The standard InChI is InChI=1S/C16H15NO2/c1-2-19-16(18)7-6-13-4-3-5-15(12-13)14-8-10-17-11-9-14/h3-12H,2H2,1H3/b7-6-. The van der Waals surface area contributed by atoms with E-state index in [2.05, 4.69) is 4.98 Å². The van der Waals surface area contributed by atoms with Gasteiger partial charge in [0.15, 0.2) is 0 Å². The molecule has 0 atom stereocenters. The van der Waals surface area contributed by atoms with E-state index in [9.17, 15) is 4.79 Å². The number of carbonyl (C=O) groups excluding carboxylic acids is 1. The van der Waals surface area contributed by atoms with Crippen LogP contribution >= 0.6 is 0 Å². The molecule has 3 heteroatoms. The fraction of sp³-hybridized carbons (Fsp3) is 0.125. The van der Waals surface area contributed by atoms with Crippen molar-refractivity contribution < 1.29 is 9.53 Å². The Bertz CT molecular complexity index is 576. The molecule has 0 aliphatic carbocycles. The van der Waals surface area contributed by atoms with Gasteiger partial charge in [-0.15, -0.1) is 0 Å². The lowest BCUT2D eigenvalue weighted by Gasteiger charge is -2.02. The molecule has 96 valence electrons. The fourth-order valence-corrected chi connectivity index (χ4v) is 1.72. The number of benzene rings is 1. The minimum absolute atomic E-state index is 0.322. The van der Waals surface area contributed by atoms with Crippen LogP contribution in [0.15, 0.2) is 54.9 Å². The lowest BCUT2D eigenvalue weighted by Crippen LogP contribution is -1.98. The summed E-state index contributed by atoms with van der Waals surface area (Å²) in [6, 6.07) is 11.9. The highest BCUT2D eigenvalue weighted by molar-refractivity contribution is 5.87. The van der Waals surface area contributed by atoms with Crippen molar-refractivity contribution in [1.29, 1.82) is 0 Å². The molecule has 0 radical (unpaired) electrons. The molecule has 1 aromatic heterocycles. The Morgan fingerprint density at radius 2 is 2.00 bits per heavy atom. The van der Waals surface area contributed by atoms with Crippen LogP contribution in [0.1, 0.15) is 12.5 Å². The Balaban J connectivity index is 2.18. The summed E-state index contributed by atoms with van der Waals surface area (Å²) in [7, 11) is 0. The summed E-state index contributed by atoms with van der Waals surface area (Å²) >= 11 is 0. The van der Waals surface area contributed by atoms with E-state index in [1.165, 1.54) is 6.08 Å². The second kappa shape index (κ2) is 6.50. The molecule has 0 fully saturated rings. The molecule has 19 heavy (non-hydrogen) atoms. The van der Waals surface area contributed by atoms with Crippen LogP contribution in [0.5, 0.6) is 0 Å². The van der Waals surface area contributed by atoms with Gasteiger partial charge in [-0.3, -0.25) is 4.98 Å². The molecule has 0 saturated heterocycles. The first-order valence-electron chi connectivity index (χ1n) is 6.15. The third-order valence-electron chi connectivity index (χ3n) is 2.60. The minimum Gasteiger partial charge on any atom is -0.463 e. The van der Waals surface area contributed by atoms with Crippen LogP contribution in [0.3, 0.4) is 0 Å². The largest absolute Gasteiger partial charge is 0.463 e. The number of carbonyl (C=O) groups is 1. The highest BCUT2D eigenvalue weighted by atomic mass is 16.5. The first-order valence-corrected chi connectivity index (χ1v) is 6.15. The molecule has 0 spiro atoms. The topological polar surface area (TPSA) is 39.2 Å². The quantitative estimate of drug-likeness (QED) is 0.619. The molecular formula is C16H15NO2. The van der Waals surface area contributed by atoms with Gasteiger partial charge in [-0.1, -0.05) is 18.2 Å². The Morgan fingerprint density at radius 1 is 1.21 bits per heavy atom. The van der Waals surface area contributed by atoms with Gasteiger partial charge in [0.25, 0.3) is 0 Å². The number of esters is 1. The maximum atomic E-state index is 11.3. The zero-order valence-corrected chi connectivity index (χ0v) is 10.7. The van der Waals surface area contributed by atoms with Crippen molar-refractivity contribution in [3.05, 3.63) is 60.4 Å². The smallest absolute Gasteiger partial charge is 0.330 e. The number of hydrogen-bond acceptors (Lipinski definition) is 3. The van der Waals surface area contributed by atoms with E-state index in [1.807, 2.05) is 36.4 Å². The van der Waals surface area contributed by atoms with Gasteiger partial charge in [0, 0.05) is 18.5 Å². The van der Waals surface area contributed by atoms with Crippen molar-refractivity contribution in [2.75, 3.05) is 6.61 Å². The molecule has 0 bridgehead atoms. The van der Waals surface area contributed by atoms with Crippen LogP contribution in [0.25, 0.3) is 17.2 Å². The lowest BCUT2D eigenvalue weighted by molar-refractivity contribution is -0.137. The van der Waals surface area contributed by atoms with E-state index in [-0.39, 0.29) is 5.97 Å². The maximum Gasteiger partial charge on any atom is 0.330 e. The predicted octanol–water partition coefficient (Wildman–Crippen LogP) is 3.32. The summed E-state index contributed by atoms with van der Waals surface area (Å²) in [5.41, 5.74) is 3.15. The number of pyridine rings is 1. The van der Waals surface area contributed by atoms with E-state index in [1.54, 1.807) is 25.4 Å². The van der Waals surface area contributed by atoms with Gasteiger partial charge in [-0.2, -0.15) is 0 Å². The summed E-state index contributed by atoms with van der Waals surface area (Å²) < 4.78 is 4.84. The normalized spacial score (nSPS) is 10.6. The van der Waals surface area contributed by atoms with Gasteiger partial charge in [0.05, 0.1) is 6.61 Å². The molecule has 1 aromatic carbocycles. The third-order valence-corrected chi connectivity index (χ3v) is 2.60. The van der Waals surface area contributed by atoms with Crippen LogP contribution in [0.2, 0.25) is 0 Å². The van der Waals surface area contributed by atoms with Gasteiger partial charge in [0.2, 0.25) is 0 Å². The Morgan fingerprint density at radius 3 is 2.74 bits per heavy atom. The third kappa shape index (κ3) is 3.78. The van der Waals surface area contributed by atoms with Crippen LogP contribution in [0, 0.1) is 0 Å². The monoisotopic (exact) mass is 253 g/mol. The van der Waals surface area contributed by atoms with Gasteiger partial charge in [0.1, 0.15) is 0 Å². The van der Waals surface area contributed by atoms with E-state index in [0.717, 1.165) is 16.7 Å². The molecule has 0 N–H and O–H groups in total. The van der Waals surface area contributed by atoms with E-state index < -0.39 is 0 Å². The highest BCUT2D eigenvalue weighted by Gasteiger charge is 1.98. The van der Waals surface area contributed by atoms with Crippen molar-refractivity contribution in [1.82, 2.24) is 4.98 Å². The van der Waals surface area contributed by atoms with Crippen molar-refractivity contribution in [3.8, 4) is 11.1 Å². The average Bonchev–Trinajstić information content (AvgIpc) is 2.47. The second-order valence-corrected chi connectivity index (χ2v) is 3.95. The molecule has 0 saturated carbocycles. The van der Waals surface area contributed by atoms with Crippen LogP contribution < -0.4 is 0 Å². The number of ether oxygens (including phenoxy) is 1. The molecule has 0 aliphatic rings. The summed E-state index contributed by atoms with van der Waals surface area (Å²) in [5.74, 6) is -0.322. The summed E-state index contributed by atoms with van der Waals surface area (Å²) in [5, 5.41) is 0. The molecule has 2 aromatic rings. The second-order valence-electron chi connectivity index (χ2n) is 3.95. The highest BCUT2D eigenvalue weighted by Crippen LogP contribution is 2.19. The first kappa shape index (κ1) is 13.0. The number of aromatic nitrogens is 1. The average molecular weight is 253 g/mol. The van der Waals surface area contributed by atoms with E-state index in [4.69, 9.17) is 4.74 Å². The molecule has 2 rings (SSSR count). The van der Waals surface area contributed by atoms with Gasteiger partial charge < -0.3 is 4.74 Å². The summed E-state index contributed by atoms with van der Waals surface area (Å²) in [6.07, 6.45) is 6.71. The van der Waals surface area contributed by atoms with E-state index >= 15 is 0 Å². The molecule has 0 aliphatic heterocycles. The number of hydrogen-bond donors (Lipinski definition) is 0. The molecule has 0 amide bonds. The summed E-state index contributed by atoms with van der Waals surface area (Å²) in [4.78, 5) is 15.3. The van der Waals surface area contributed by atoms with Gasteiger partial charge >= 0.3 is 5.97 Å².